The van der Waals surface area contributed by atoms with Crippen LogP contribution in [0.1, 0.15) is 47.0 Å². The second-order valence-corrected chi connectivity index (χ2v) is 10.6. The van der Waals surface area contributed by atoms with E-state index >= 15 is 0 Å². The van der Waals surface area contributed by atoms with Crippen molar-refractivity contribution in [3.05, 3.63) is 0 Å². The van der Waals surface area contributed by atoms with Crippen molar-refractivity contribution in [2.24, 2.45) is 5.73 Å². The molecular weight excluding hydrogens is 426 g/mol. The van der Waals surface area contributed by atoms with E-state index in [1.165, 1.54) is 0 Å². The lowest BCUT2D eigenvalue weighted by molar-refractivity contribution is 0.0489. The van der Waals surface area contributed by atoms with E-state index in [4.69, 9.17) is 24.7 Å². The van der Waals surface area contributed by atoms with Gasteiger partial charge in [-0.1, -0.05) is 35.4 Å². The van der Waals surface area contributed by atoms with Crippen LogP contribution in [0.25, 0.3) is 0 Å². The molecule has 0 saturated carbocycles. The largest absolute Gasteiger partial charge is 0.450 e. The molecule has 8 nitrogen and oxygen atoms in total. The fourth-order valence-electron chi connectivity index (χ4n) is 2.07. The Hall–Kier alpha value is -0.230. The first-order chi connectivity index (χ1) is 14.4. The van der Waals surface area contributed by atoms with Gasteiger partial charge in [0.05, 0.1) is 33.0 Å². The van der Waals surface area contributed by atoms with Crippen LogP contribution in [0.4, 0.5) is 4.79 Å². The Balaban J connectivity index is 3.46. The Morgan fingerprint density at radius 2 is 1.67 bits per heavy atom. The van der Waals surface area contributed by atoms with Crippen LogP contribution < -0.4 is 16.4 Å². The zero-order valence-corrected chi connectivity index (χ0v) is 20.8. The molecule has 0 aliphatic carbocycles. The van der Waals surface area contributed by atoms with E-state index in [1.807, 2.05) is 0 Å². The third-order valence-corrected chi connectivity index (χ3v) is 6.81. The maximum absolute atomic E-state index is 11.7. The Morgan fingerprint density at radius 1 is 0.967 bits per heavy atom. The molecular formula is C20H43N3O5S2. The van der Waals surface area contributed by atoms with Gasteiger partial charge in [-0.15, -0.1) is 0 Å². The summed E-state index contributed by atoms with van der Waals surface area (Å²) in [6.07, 6.45) is 2.36. The zero-order valence-electron chi connectivity index (χ0n) is 19.2. The maximum Gasteiger partial charge on any atom is 0.407 e. The van der Waals surface area contributed by atoms with Crippen LogP contribution in [-0.4, -0.2) is 82.1 Å². The molecule has 0 radical (unpaired) electrons. The van der Waals surface area contributed by atoms with Gasteiger partial charge in [-0.2, -0.15) is 0 Å². The summed E-state index contributed by atoms with van der Waals surface area (Å²) in [5.41, 5.74) is 5.45. The lowest BCUT2D eigenvalue weighted by Gasteiger charge is -2.22. The molecule has 1 amide bonds. The Morgan fingerprint density at radius 3 is 2.33 bits per heavy atom. The topological polar surface area (TPSA) is 104 Å². The third kappa shape index (κ3) is 22.5. The van der Waals surface area contributed by atoms with Crippen molar-refractivity contribution in [3.8, 4) is 0 Å². The summed E-state index contributed by atoms with van der Waals surface area (Å²) in [5.74, 6) is 0.653. The van der Waals surface area contributed by atoms with Gasteiger partial charge in [0.15, 0.2) is 0 Å². The van der Waals surface area contributed by atoms with Crippen LogP contribution in [0.15, 0.2) is 0 Å². The molecule has 30 heavy (non-hydrogen) atoms. The van der Waals surface area contributed by atoms with Crippen molar-refractivity contribution in [1.82, 2.24) is 10.6 Å². The van der Waals surface area contributed by atoms with Crippen molar-refractivity contribution in [1.29, 1.82) is 0 Å². The van der Waals surface area contributed by atoms with Crippen LogP contribution in [0.5, 0.6) is 0 Å². The molecule has 0 aromatic carbocycles. The number of amides is 1. The molecule has 0 heterocycles. The van der Waals surface area contributed by atoms with E-state index in [1.54, 1.807) is 21.6 Å². The summed E-state index contributed by atoms with van der Waals surface area (Å²) in [7, 11) is 3.43. The molecule has 0 aromatic rings. The fourth-order valence-corrected chi connectivity index (χ4v) is 4.35. The fraction of sp³-hybridized carbons (Fsp3) is 0.950. The second-order valence-electron chi connectivity index (χ2n) is 7.63. The highest BCUT2D eigenvalue weighted by Gasteiger charge is 2.19. The van der Waals surface area contributed by atoms with E-state index in [0.29, 0.717) is 58.1 Å². The van der Waals surface area contributed by atoms with E-state index in [-0.39, 0.29) is 4.75 Å². The van der Waals surface area contributed by atoms with Gasteiger partial charge in [-0.05, 0) is 39.7 Å². The van der Waals surface area contributed by atoms with Crippen molar-refractivity contribution in [3.63, 3.8) is 0 Å². The monoisotopic (exact) mass is 469 g/mol. The van der Waals surface area contributed by atoms with Crippen LogP contribution in [0.2, 0.25) is 0 Å². The first-order valence-electron chi connectivity index (χ1n) is 10.8. The van der Waals surface area contributed by atoms with Crippen molar-refractivity contribution in [2.75, 3.05) is 65.2 Å². The van der Waals surface area contributed by atoms with Gasteiger partial charge >= 0.3 is 6.09 Å². The normalized spacial score (nSPS) is 11.8. The summed E-state index contributed by atoms with van der Waals surface area (Å²) in [6, 6.07) is 0.468. The van der Waals surface area contributed by atoms with Gasteiger partial charge < -0.3 is 35.3 Å². The Labute approximate surface area is 190 Å². The Kier molecular flexibility index (Phi) is 20.5. The maximum atomic E-state index is 11.7. The Bertz CT molecular complexity index is 405. The lowest BCUT2D eigenvalue weighted by atomic mass is 10.1. The molecule has 180 valence electrons. The minimum atomic E-state index is -0.411. The number of unbranched alkanes of at least 4 members (excludes halogenated alkanes) is 1. The number of hydrogen-bond donors (Lipinski definition) is 3. The minimum absolute atomic E-state index is 0.000630. The quantitative estimate of drug-likeness (QED) is 0.133. The average Bonchev–Trinajstić information content (AvgIpc) is 2.68. The number of nitrogens with two attached hydrogens (primary N) is 1. The van der Waals surface area contributed by atoms with Crippen LogP contribution in [0, 0.1) is 0 Å². The minimum Gasteiger partial charge on any atom is -0.450 e. The van der Waals surface area contributed by atoms with Gasteiger partial charge in [0.25, 0.3) is 0 Å². The van der Waals surface area contributed by atoms with E-state index < -0.39 is 6.09 Å². The number of hydrogen-bond acceptors (Lipinski definition) is 9. The number of alkyl carbamates (subject to hydrolysis) is 1. The molecule has 0 atom stereocenters. The SMILES string of the molecule is CC(C)NCCOCCOCCNC(=O)OCCC(C)(C)SSCOCCCCN. The summed E-state index contributed by atoms with van der Waals surface area (Å²) < 4.78 is 21.6. The second kappa shape index (κ2) is 20.7. The number of carbonyl (C=O) groups is 1. The standard InChI is InChI=1S/C20H43N3O5S2/c1-18(2)22-9-13-25-15-16-26-14-10-23-19(24)28-12-7-20(3,4)30-29-17-27-11-6-5-8-21/h18,22H,5-17,21H2,1-4H3,(H,23,24). The highest BCUT2D eigenvalue weighted by molar-refractivity contribution is 8.77. The third-order valence-electron chi connectivity index (χ3n) is 3.78. The van der Waals surface area contributed by atoms with Gasteiger partial charge in [0.1, 0.15) is 5.94 Å². The summed E-state index contributed by atoms with van der Waals surface area (Å²) >= 11 is 0. The van der Waals surface area contributed by atoms with Crippen LogP contribution in [0.3, 0.4) is 0 Å². The smallest absolute Gasteiger partial charge is 0.407 e. The van der Waals surface area contributed by atoms with Gasteiger partial charge in [-0.3, -0.25) is 0 Å². The summed E-state index contributed by atoms with van der Waals surface area (Å²) in [6.45, 7) is 13.7. The predicted molar refractivity (Wildman–Crippen MR) is 127 cm³/mol. The molecule has 0 rings (SSSR count). The summed E-state index contributed by atoms with van der Waals surface area (Å²) in [4.78, 5) is 11.7. The average molecular weight is 470 g/mol. The molecule has 10 heteroatoms. The summed E-state index contributed by atoms with van der Waals surface area (Å²) in [5, 5.41) is 5.97. The molecule has 0 saturated heterocycles. The van der Waals surface area contributed by atoms with E-state index in [0.717, 1.165) is 32.4 Å². The molecule has 0 aliphatic heterocycles. The van der Waals surface area contributed by atoms with Crippen molar-refractivity contribution < 1.29 is 23.7 Å². The number of carbonyl (C=O) groups excluding carboxylic acids is 1. The van der Waals surface area contributed by atoms with E-state index in [9.17, 15) is 4.79 Å². The zero-order chi connectivity index (χ0) is 22.5. The lowest BCUT2D eigenvalue weighted by Crippen LogP contribution is -2.30. The van der Waals surface area contributed by atoms with Crippen LogP contribution in [-0.2, 0) is 18.9 Å². The van der Waals surface area contributed by atoms with Gasteiger partial charge in [-0.25, -0.2) is 4.79 Å². The molecule has 4 N–H and O–H groups in total. The highest BCUT2D eigenvalue weighted by atomic mass is 33.1. The molecule has 0 fully saturated rings. The molecule has 0 aromatic heterocycles. The molecule has 0 unspecified atom stereocenters. The van der Waals surface area contributed by atoms with Crippen molar-refractivity contribution >= 4 is 27.7 Å². The van der Waals surface area contributed by atoms with Crippen molar-refractivity contribution in [2.45, 2.75) is 57.7 Å². The van der Waals surface area contributed by atoms with Crippen LogP contribution >= 0.6 is 21.6 Å². The van der Waals surface area contributed by atoms with Gasteiger partial charge in [0.2, 0.25) is 0 Å². The first-order valence-corrected chi connectivity index (χ1v) is 13.1. The molecule has 0 bridgehead atoms. The predicted octanol–water partition coefficient (Wildman–Crippen LogP) is 3.01. The first kappa shape index (κ1) is 29.8. The number of rotatable bonds is 21. The number of nitrogens with one attached hydrogen (secondary N) is 2. The van der Waals surface area contributed by atoms with Gasteiger partial charge in [0, 0.05) is 30.5 Å². The molecule has 0 aliphatic rings. The molecule has 0 spiro atoms. The number of ether oxygens (including phenoxy) is 4. The van der Waals surface area contributed by atoms with E-state index in [2.05, 4.69) is 38.3 Å². The highest BCUT2D eigenvalue weighted by Crippen LogP contribution is 2.37.